The number of carbonyl (C=O) groups is 1. The molecule has 0 aliphatic carbocycles. The number of benzene rings is 1. The SMILES string of the molecule is CCCN(CCN)C(=O)c1ccccc1O. The van der Waals surface area contributed by atoms with E-state index in [4.69, 9.17) is 5.73 Å². The Morgan fingerprint density at radius 3 is 2.62 bits per heavy atom. The van der Waals surface area contributed by atoms with Gasteiger partial charge in [-0.3, -0.25) is 4.79 Å². The molecule has 0 bridgehead atoms. The summed E-state index contributed by atoms with van der Waals surface area (Å²) in [6, 6.07) is 6.56. The molecule has 0 radical (unpaired) electrons. The molecule has 0 unspecified atom stereocenters. The molecule has 0 fully saturated rings. The van der Waals surface area contributed by atoms with Crippen LogP contribution in [0.4, 0.5) is 0 Å². The predicted octanol–water partition coefficient (Wildman–Crippen LogP) is 1.20. The van der Waals surface area contributed by atoms with Crippen LogP contribution in [0.2, 0.25) is 0 Å². The van der Waals surface area contributed by atoms with Crippen LogP contribution < -0.4 is 5.73 Å². The smallest absolute Gasteiger partial charge is 0.257 e. The quantitative estimate of drug-likeness (QED) is 0.786. The first-order chi connectivity index (χ1) is 7.70. The van der Waals surface area contributed by atoms with Gasteiger partial charge in [0.2, 0.25) is 0 Å². The third kappa shape index (κ3) is 2.97. The molecule has 0 heterocycles. The molecule has 0 saturated carbocycles. The summed E-state index contributed by atoms with van der Waals surface area (Å²) in [6.07, 6.45) is 0.874. The van der Waals surface area contributed by atoms with Gasteiger partial charge in [0.1, 0.15) is 5.75 Å². The maximum atomic E-state index is 12.1. The third-order valence-electron chi connectivity index (χ3n) is 2.31. The monoisotopic (exact) mass is 222 g/mol. The van der Waals surface area contributed by atoms with Gasteiger partial charge in [0.25, 0.3) is 5.91 Å². The minimum absolute atomic E-state index is 0.0191. The summed E-state index contributed by atoms with van der Waals surface area (Å²) in [6.45, 7) is 3.60. The molecule has 1 aromatic rings. The van der Waals surface area contributed by atoms with Crippen LogP contribution in [0, 0.1) is 0 Å². The molecule has 1 rings (SSSR count). The minimum Gasteiger partial charge on any atom is -0.507 e. The molecule has 0 saturated heterocycles. The van der Waals surface area contributed by atoms with E-state index in [2.05, 4.69) is 0 Å². The van der Waals surface area contributed by atoms with E-state index in [1.807, 2.05) is 6.92 Å². The van der Waals surface area contributed by atoms with E-state index in [1.165, 1.54) is 6.07 Å². The Balaban J connectivity index is 2.85. The second kappa shape index (κ2) is 6.12. The molecule has 0 atom stereocenters. The van der Waals surface area contributed by atoms with E-state index in [9.17, 15) is 9.90 Å². The van der Waals surface area contributed by atoms with E-state index < -0.39 is 0 Å². The van der Waals surface area contributed by atoms with Gasteiger partial charge in [0.15, 0.2) is 0 Å². The Hall–Kier alpha value is -1.55. The number of nitrogens with zero attached hydrogens (tertiary/aromatic N) is 1. The van der Waals surface area contributed by atoms with Crippen LogP contribution in [0.5, 0.6) is 5.75 Å². The Morgan fingerprint density at radius 2 is 2.06 bits per heavy atom. The normalized spacial score (nSPS) is 10.1. The van der Waals surface area contributed by atoms with E-state index in [0.717, 1.165) is 6.42 Å². The van der Waals surface area contributed by atoms with E-state index in [-0.39, 0.29) is 11.7 Å². The van der Waals surface area contributed by atoms with E-state index in [1.54, 1.807) is 23.1 Å². The molecular weight excluding hydrogens is 204 g/mol. The van der Waals surface area contributed by atoms with Crippen LogP contribution in [0.1, 0.15) is 23.7 Å². The third-order valence-corrected chi connectivity index (χ3v) is 2.31. The Morgan fingerprint density at radius 1 is 1.38 bits per heavy atom. The minimum atomic E-state index is -0.162. The van der Waals surface area contributed by atoms with Crippen LogP contribution >= 0.6 is 0 Å². The molecule has 3 N–H and O–H groups in total. The number of nitrogens with two attached hydrogens (primary N) is 1. The van der Waals surface area contributed by atoms with Crippen molar-refractivity contribution in [1.82, 2.24) is 4.90 Å². The predicted molar refractivity (Wildman–Crippen MR) is 63.4 cm³/mol. The number of carbonyl (C=O) groups excluding carboxylic acids is 1. The standard InChI is InChI=1S/C12H18N2O2/c1-2-8-14(9-7-13)12(16)10-5-3-4-6-11(10)15/h3-6,15H,2,7-9,13H2,1H3. The number of hydrogen-bond acceptors (Lipinski definition) is 3. The highest BCUT2D eigenvalue weighted by molar-refractivity contribution is 5.96. The van der Waals surface area contributed by atoms with Crippen molar-refractivity contribution in [3.63, 3.8) is 0 Å². The number of amides is 1. The summed E-state index contributed by atoms with van der Waals surface area (Å²) in [5, 5.41) is 9.59. The highest BCUT2D eigenvalue weighted by Crippen LogP contribution is 2.17. The van der Waals surface area contributed by atoms with Crippen molar-refractivity contribution in [3.8, 4) is 5.75 Å². The fourth-order valence-corrected chi connectivity index (χ4v) is 1.57. The molecule has 0 aliphatic rings. The molecular formula is C12H18N2O2. The zero-order valence-electron chi connectivity index (χ0n) is 9.52. The Kier molecular flexibility index (Phi) is 4.79. The average molecular weight is 222 g/mol. The van der Waals surface area contributed by atoms with Crippen molar-refractivity contribution in [2.75, 3.05) is 19.6 Å². The number of phenols is 1. The number of rotatable bonds is 5. The van der Waals surface area contributed by atoms with E-state index >= 15 is 0 Å². The van der Waals surface area contributed by atoms with Crippen LogP contribution in [0.25, 0.3) is 0 Å². The van der Waals surface area contributed by atoms with Gasteiger partial charge in [-0.1, -0.05) is 19.1 Å². The Labute approximate surface area is 95.7 Å². The van der Waals surface area contributed by atoms with Gasteiger partial charge in [-0.2, -0.15) is 0 Å². The largest absolute Gasteiger partial charge is 0.507 e. The summed E-state index contributed by atoms with van der Waals surface area (Å²) in [5.41, 5.74) is 5.79. The molecule has 88 valence electrons. The van der Waals surface area contributed by atoms with Crippen molar-refractivity contribution in [1.29, 1.82) is 0 Å². The lowest BCUT2D eigenvalue weighted by Gasteiger charge is -2.21. The molecule has 4 nitrogen and oxygen atoms in total. The summed E-state index contributed by atoms with van der Waals surface area (Å²) < 4.78 is 0. The van der Waals surface area contributed by atoms with E-state index in [0.29, 0.717) is 25.2 Å². The summed E-state index contributed by atoms with van der Waals surface area (Å²) in [4.78, 5) is 13.7. The van der Waals surface area contributed by atoms with Gasteiger partial charge in [-0.15, -0.1) is 0 Å². The van der Waals surface area contributed by atoms with Crippen molar-refractivity contribution >= 4 is 5.91 Å². The molecule has 0 aliphatic heterocycles. The maximum Gasteiger partial charge on any atom is 0.257 e. The van der Waals surface area contributed by atoms with Gasteiger partial charge >= 0.3 is 0 Å². The fraction of sp³-hybridized carbons (Fsp3) is 0.417. The average Bonchev–Trinajstić information content (AvgIpc) is 2.28. The van der Waals surface area contributed by atoms with Crippen molar-refractivity contribution < 1.29 is 9.90 Å². The first kappa shape index (κ1) is 12.5. The van der Waals surface area contributed by atoms with Crippen molar-refractivity contribution in [3.05, 3.63) is 29.8 Å². The van der Waals surface area contributed by atoms with Crippen LogP contribution in [0.3, 0.4) is 0 Å². The van der Waals surface area contributed by atoms with Crippen molar-refractivity contribution in [2.45, 2.75) is 13.3 Å². The Bertz CT molecular complexity index is 347. The van der Waals surface area contributed by atoms with Crippen molar-refractivity contribution in [2.24, 2.45) is 5.73 Å². The summed E-state index contributed by atoms with van der Waals surface area (Å²) >= 11 is 0. The van der Waals surface area contributed by atoms with Gasteiger partial charge in [-0.25, -0.2) is 0 Å². The number of phenolic OH excluding ortho intramolecular Hbond substituents is 1. The molecule has 4 heteroatoms. The topological polar surface area (TPSA) is 66.6 Å². The lowest BCUT2D eigenvalue weighted by molar-refractivity contribution is 0.0757. The molecule has 16 heavy (non-hydrogen) atoms. The van der Waals surface area contributed by atoms with Gasteiger partial charge in [0, 0.05) is 19.6 Å². The number of hydrogen-bond donors (Lipinski definition) is 2. The molecule has 0 aromatic heterocycles. The first-order valence-corrected chi connectivity index (χ1v) is 5.48. The highest BCUT2D eigenvalue weighted by atomic mass is 16.3. The summed E-state index contributed by atoms with van der Waals surface area (Å²) in [7, 11) is 0. The molecule has 0 spiro atoms. The second-order valence-corrected chi connectivity index (χ2v) is 3.60. The van der Waals surface area contributed by atoms with Crippen LogP contribution in [-0.4, -0.2) is 35.5 Å². The lowest BCUT2D eigenvalue weighted by atomic mass is 10.1. The van der Waals surface area contributed by atoms with Crippen LogP contribution in [0.15, 0.2) is 24.3 Å². The van der Waals surface area contributed by atoms with Crippen LogP contribution in [-0.2, 0) is 0 Å². The number of para-hydroxylation sites is 1. The second-order valence-electron chi connectivity index (χ2n) is 3.60. The zero-order valence-corrected chi connectivity index (χ0v) is 9.52. The first-order valence-electron chi connectivity index (χ1n) is 5.48. The summed E-state index contributed by atoms with van der Waals surface area (Å²) in [5.74, 6) is -0.143. The lowest BCUT2D eigenvalue weighted by Crippen LogP contribution is -2.35. The fourth-order valence-electron chi connectivity index (χ4n) is 1.57. The highest BCUT2D eigenvalue weighted by Gasteiger charge is 2.16. The van der Waals surface area contributed by atoms with Gasteiger partial charge in [0.05, 0.1) is 5.56 Å². The molecule has 1 aromatic carbocycles. The van der Waals surface area contributed by atoms with Gasteiger partial charge < -0.3 is 15.7 Å². The number of aromatic hydroxyl groups is 1. The zero-order chi connectivity index (χ0) is 12.0. The maximum absolute atomic E-state index is 12.1. The molecule has 1 amide bonds. The van der Waals surface area contributed by atoms with Gasteiger partial charge in [-0.05, 0) is 18.6 Å².